The molecule has 0 aromatic rings. The van der Waals surface area contributed by atoms with E-state index in [2.05, 4.69) is 11.8 Å². The van der Waals surface area contributed by atoms with Crippen molar-refractivity contribution in [1.82, 2.24) is 4.90 Å². The van der Waals surface area contributed by atoms with Crippen LogP contribution in [0.25, 0.3) is 0 Å². The SMILES string of the molecule is CCCCCCCCCOC(=O)CCCCCCCN(CCO)CCCCCCOC(=O)CCCCC(OCCCCCCC(F)(F)C(F)(F)F)OCCCCCCC(F)(F)C(F)(F)F. The predicted octanol–water partition coefficient (Wildman–Crippen LogP) is 14.2. The monoisotopic (exact) mass is 964 g/mol. The lowest BCUT2D eigenvalue weighted by molar-refractivity contribution is -0.284. The average molecular weight is 964 g/mol. The van der Waals surface area contributed by atoms with Gasteiger partial charge in [0.25, 0.3) is 0 Å². The summed E-state index contributed by atoms with van der Waals surface area (Å²) in [7, 11) is 0. The molecule has 0 aromatic carbocycles. The summed E-state index contributed by atoms with van der Waals surface area (Å²) in [5, 5.41) is 9.50. The normalized spacial score (nSPS) is 12.8. The summed E-state index contributed by atoms with van der Waals surface area (Å²) in [5.74, 6) is -9.93. The fourth-order valence-electron chi connectivity index (χ4n) is 7.09. The minimum atomic E-state index is -5.59. The van der Waals surface area contributed by atoms with Gasteiger partial charge < -0.3 is 29.0 Å². The summed E-state index contributed by atoms with van der Waals surface area (Å²) < 4.78 is 149. The predicted molar refractivity (Wildman–Crippen MR) is 232 cm³/mol. The number of rotatable bonds is 46. The van der Waals surface area contributed by atoms with Gasteiger partial charge in [-0.1, -0.05) is 103 Å². The first-order chi connectivity index (χ1) is 30.9. The second-order valence-corrected chi connectivity index (χ2v) is 17.2. The Labute approximate surface area is 383 Å². The zero-order chi connectivity index (χ0) is 48.7. The maximum absolute atomic E-state index is 13.1. The molecule has 0 unspecified atom stereocenters. The van der Waals surface area contributed by atoms with E-state index < -0.39 is 43.3 Å². The molecule has 0 spiro atoms. The number of hydrogen-bond acceptors (Lipinski definition) is 8. The first-order valence-corrected chi connectivity index (χ1v) is 24.6. The molecule has 1 N–H and O–H groups in total. The van der Waals surface area contributed by atoms with Crippen LogP contribution in [-0.4, -0.2) is 105 Å². The van der Waals surface area contributed by atoms with Crippen molar-refractivity contribution in [1.29, 1.82) is 0 Å². The number of hydrogen-bond donors (Lipinski definition) is 1. The molecule has 0 radical (unpaired) electrons. The van der Waals surface area contributed by atoms with Gasteiger partial charge in [0.1, 0.15) is 0 Å². The summed E-state index contributed by atoms with van der Waals surface area (Å²) in [4.78, 5) is 26.5. The number of nitrogens with zero attached hydrogens (tertiary/aromatic N) is 1. The van der Waals surface area contributed by atoms with E-state index in [9.17, 15) is 58.6 Å². The Morgan fingerprint density at radius 1 is 0.446 bits per heavy atom. The number of aliphatic hydroxyl groups is 1. The molecule has 65 heavy (non-hydrogen) atoms. The van der Waals surface area contributed by atoms with E-state index in [0.717, 1.165) is 83.7 Å². The summed E-state index contributed by atoms with van der Waals surface area (Å²) in [6.07, 6.45) is 5.40. The van der Waals surface area contributed by atoms with Crippen molar-refractivity contribution in [3.63, 3.8) is 0 Å². The molecule has 388 valence electrons. The molecule has 0 aromatic heterocycles. The summed E-state index contributed by atoms with van der Waals surface area (Å²) >= 11 is 0. The maximum atomic E-state index is 13.1. The molecule has 0 rings (SSSR count). The molecule has 0 fully saturated rings. The number of unbranched alkanes of at least 4 members (excludes halogenated alkanes) is 20. The highest BCUT2D eigenvalue weighted by Crippen LogP contribution is 2.40. The second kappa shape index (κ2) is 39.0. The van der Waals surface area contributed by atoms with Crippen molar-refractivity contribution in [2.75, 3.05) is 52.7 Å². The molecule has 0 aliphatic carbocycles. The van der Waals surface area contributed by atoms with Crippen molar-refractivity contribution in [3.05, 3.63) is 0 Å². The lowest BCUT2D eigenvalue weighted by Crippen LogP contribution is -2.36. The number of esters is 2. The van der Waals surface area contributed by atoms with Gasteiger partial charge in [-0.2, -0.15) is 43.9 Å². The minimum Gasteiger partial charge on any atom is -0.466 e. The van der Waals surface area contributed by atoms with E-state index in [0.29, 0.717) is 71.1 Å². The highest BCUT2D eigenvalue weighted by Gasteiger charge is 2.57. The Morgan fingerprint density at radius 3 is 1.22 bits per heavy atom. The van der Waals surface area contributed by atoms with Gasteiger partial charge in [0.2, 0.25) is 0 Å². The Bertz CT molecular complexity index is 1090. The van der Waals surface area contributed by atoms with E-state index >= 15 is 0 Å². The quantitative estimate of drug-likeness (QED) is 0.0279. The minimum absolute atomic E-state index is 0.0945. The molecule has 18 heteroatoms. The summed E-state index contributed by atoms with van der Waals surface area (Å²) in [6, 6.07) is 0. The van der Waals surface area contributed by atoms with Crippen LogP contribution in [0.3, 0.4) is 0 Å². The van der Waals surface area contributed by atoms with Crippen LogP contribution in [0, 0.1) is 0 Å². The van der Waals surface area contributed by atoms with Crippen molar-refractivity contribution in [2.24, 2.45) is 0 Å². The first kappa shape index (κ1) is 63.1. The van der Waals surface area contributed by atoms with Crippen LogP contribution in [0.15, 0.2) is 0 Å². The Hall–Kier alpha value is -1.92. The van der Waals surface area contributed by atoms with Crippen LogP contribution in [0.1, 0.15) is 206 Å². The summed E-state index contributed by atoms with van der Waals surface area (Å²) in [5.41, 5.74) is 0. The van der Waals surface area contributed by atoms with Crippen LogP contribution in [0.2, 0.25) is 0 Å². The third-order valence-electron chi connectivity index (χ3n) is 11.2. The van der Waals surface area contributed by atoms with Crippen LogP contribution < -0.4 is 0 Å². The number of alkyl halides is 10. The van der Waals surface area contributed by atoms with Crippen LogP contribution in [0.5, 0.6) is 0 Å². The topological polar surface area (TPSA) is 94.5 Å². The Balaban J connectivity index is 4.24. The van der Waals surface area contributed by atoms with Crippen LogP contribution in [0.4, 0.5) is 43.9 Å². The fourth-order valence-corrected chi connectivity index (χ4v) is 7.09. The Morgan fingerprint density at radius 2 is 0.800 bits per heavy atom. The lowest BCUT2D eigenvalue weighted by Gasteiger charge is -2.21. The fraction of sp³-hybridized carbons (Fsp3) is 0.957. The second-order valence-electron chi connectivity index (χ2n) is 17.2. The Kier molecular flexibility index (Phi) is 37.8. The third-order valence-corrected chi connectivity index (χ3v) is 11.2. The molecular formula is C47H83F10NO7. The number of ether oxygens (including phenoxy) is 4. The van der Waals surface area contributed by atoms with Gasteiger partial charge in [-0.25, -0.2) is 0 Å². The van der Waals surface area contributed by atoms with Crippen molar-refractivity contribution in [3.8, 4) is 0 Å². The van der Waals surface area contributed by atoms with E-state index in [4.69, 9.17) is 18.9 Å². The molecule has 0 aliphatic heterocycles. The number of aliphatic hydroxyl groups excluding tert-OH is 1. The lowest BCUT2D eigenvalue weighted by atomic mass is 10.1. The molecule has 8 nitrogen and oxygen atoms in total. The molecule has 0 saturated heterocycles. The maximum Gasteiger partial charge on any atom is 0.453 e. The number of carbonyl (C=O) groups is 2. The van der Waals surface area contributed by atoms with Crippen LogP contribution >= 0.6 is 0 Å². The van der Waals surface area contributed by atoms with Gasteiger partial charge in [0.05, 0.1) is 19.8 Å². The molecular weight excluding hydrogens is 880 g/mol. The van der Waals surface area contributed by atoms with Gasteiger partial charge >= 0.3 is 36.1 Å². The smallest absolute Gasteiger partial charge is 0.453 e. The summed E-state index contributed by atoms with van der Waals surface area (Å²) in [6.45, 7) is 5.78. The van der Waals surface area contributed by atoms with Crippen molar-refractivity contribution < 1.29 is 77.5 Å². The van der Waals surface area contributed by atoms with Crippen molar-refractivity contribution in [2.45, 2.75) is 236 Å². The largest absolute Gasteiger partial charge is 0.466 e. The third kappa shape index (κ3) is 36.8. The highest BCUT2D eigenvalue weighted by molar-refractivity contribution is 5.69. The zero-order valence-electron chi connectivity index (χ0n) is 39.3. The van der Waals surface area contributed by atoms with E-state index in [1.54, 1.807) is 0 Å². The van der Waals surface area contributed by atoms with Crippen molar-refractivity contribution >= 4 is 11.9 Å². The van der Waals surface area contributed by atoms with Gasteiger partial charge in [0, 0.05) is 45.4 Å². The number of carbonyl (C=O) groups excluding carboxylic acids is 2. The highest BCUT2D eigenvalue weighted by atomic mass is 19.4. The molecule has 0 amide bonds. The van der Waals surface area contributed by atoms with Gasteiger partial charge in [-0.15, -0.1) is 0 Å². The van der Waals surface area contributed by atoms with E-state index in [1.165, 1.54) is 32.1 Å². The number of halogens is 10. The van der Waals surface area contributed by atoms with Gasteiger partial charge in [-0.05, 0) is 90.1 Å². The molecule has 0 bridgehead atoms. The standard InChI is InChI=1S/C47H83F10NO7/c1-2-3-4-5-6-13-24-37-62-41(60)28-17-8-7-11-22-33-58(35-36-59)34-23-12-16-25-38-63-42(61)29-18-19-30-43(64-39-26-14-9-20-31-44(48,49)46(52,53)54)65-40-27-15-10-21-32-45(50,51)47(55,56)57/h43,59H,2-40H2,1H3. The zero-order valence-corrected chi connectivity index (χ0v) is 39.3. The molecule has 0 aliphatic rings. The van der Waals surface area contributed by atoms with E-state index in [1.807, 2.05) is 0 Å². The average Bonchev–Trinajstić information content (AvgIpc) is 3.23. The first-order valence-electron chi connectivity index (χ1n) is 24.6. The molecule has 0 atom stereocenters. The molecule has 0 heterocycles. The van der Waals surface area contributed by atoms with E-state index in [-0.39, 0.29) is 63.9 Å². The molecule has 0 saturated carbocycles. The van der Waals surface area contributed by atoms with Crippen LogP contribution in [-0.2, 0) is 28.5 Å². The van der Waals surface area contributed by atoms with Gasteiger partial charge in [-0.3, -0.25) is 9.59 Å². The van der Waals surface area contributed by atoms with Gasteiger partial charge in [0.15, 0.2) is 6.29 Å².